The molecule has 0 aromatic heterocycles. The molecule has 1 heterocycles. The molecule has 0 saturated carbocycles. The zero-order valence-corrected chi connectivity index (χ0v) is 17.1. The van der Waals surface area contributed by atoms with Gasteiger partial charge in [0.1, 0.15) is 0 Å². The molecule has 0 amide bonds. The van der Waals surface area contributed by atoms with Crippen molar-refractivity contribution in [2.45, 2.75) is 6.92 Å². The fraction of sp³-hybridized carbons (Fsp3) is 1.00. The van der Waals surface area contributed by atoms with E-state index < -0.39 is 10.4 Å². The number of morpholine rings is 1. The highest BCUT2D eigenvalue weighted by molar-refractivity contribution is 7.79. The molecule has 8 nitrogen and oxygen atoms in total. The number of rotatable bonds is 1. The summed E-state index contributed by atoms with van der Waals surface area (Å²) < 4.78 is 41.2. The standard InChI is InChI=1S/C6H13NO.2C4H12N.H2O4S/c1-2-7-3-5-8-6-4-7;3*1-5(2,3)4/h2-6H2,1H3;2*1-4H3;(H2,1,2,3,4)/q;2*+1;/p-2. The van der Waals surface area contributed by atoms with E-state index in [-0.39, 0.29) is 0 Å². The maximum absolute atomic E-state index is 8.52. The van der Waals surface area contributed by atoms with E-state index in [1.165, 1.54) is 6.54 Å². The molecule has 1 aliphatic rings. The van der Waals surface area contributed by atoms with Crippen LogP contribution in [0.1, 0.15) is 6.92 Å². The van der Waals surface area contributed by atoms with Gasteiger partial charge in [-0.15, -0.1) is 0 Å². The Morgan fingerprint density at radius 2 is 1.09 bits per heavy atom. The van der Waals surface area contributed by atoms with Crippen LogP contribution < -0.4 is 0 Å². The molecule has 0 atom stereocenters. The molecule has 1 aliphatic heterocycles. The van der Waals surface area contributed by atoms with Gasteiger partial charge in [-0.2, -0.15) is 0 Å². The van der Waals surface area contributed by atoms with Crippen molar-refractivity contribution in [3.8, 4) is 0 Å². The summed E-state index contributed by atoms with van der Waals surface area (Å²) in [6, 6.07) is 0. The zero-order chi connectivity index (χ0) is 19.3. The van der Waals surface area contributed by atoms with Gasteiger partial charge in [0.25, 0.3) is 0 Å². The molecule has 0 N–H and O–H groups in total. The van der Waals surface area contributed by atoms with Crippen LogP contribution in [-0.4, -0.2) is 121 Å². The van der Waals surface area contributed by atoms with E-state index >= 15 is 0 Å². The number of nitrogens with zero attached hydrogens (tertiary/aromatic N) is 3. The van der Waals surface area contributed by atoms with Crippen molar-refractivity contribution in [1.29, 1.82) is 0 Å². The maximum atomic E-state index is 8.52. The third-order valence-corrected chi connectivity index (χ3v) is 1.55. The van der Waals surface area contributed by atoms with Gasteiger partial charge in [0.2, 0.25) is 0 Å². The van der Waals surface area contributed by atoms with E-state index in [0.29, 0.717) is 0 Å². The molecule has 1 rings (SSSR count). The zero-order valence-electron chi connectivity index (χ0n) is 16.3. The minimum Gasteiger partial charge on any atom is -0.759 e. The lowest BCUT2D eigenvalue weighted by Gasteiger charge is -2.24. The molecular formula is C14H37N3O5S. The van der Waals surface area contributed by atoms with Crippen LogP contribution >= 0.6 is 0 Å². The van der Waals surface area contributed by atoms with Gasteiger partial charge < -0.3 is 22.8 Å². The highest BCUT2D eigenvalue weighted by Gasteiger charge is 2.05. The largest absolute Gasteiger partial charge is 0.759 e. The number of ether oxygens (including phenoxy) is 1. The fourth-order valence-corrected chi connectivity index (χ4v) is 0.917. The number of likely N-dealkylation sites (N-methyl/N-ethyl adjacent to an activating group) is 1. The van der Waals surface area contributed by atoms with E-state index in [4.69, 9.17) is 22.3 Å². The van der Waals surface area contributed by atoms with E-state index in [2.05, 4.69) is 68.2 Å². The first-order chi connectivity index (χ1) is 9.93. The van der Waals surface area contributed by atoms with Crippen molar-refractivity contribution in [2.75, 3.05) is 89.2 Å². The lowest BCUT2D eigenvalue weighted by atomic mass is 10.4. The highest BCUT2D eigenvalue weighted by atomic mass is 32.3. The molecule has 0 bridgehead atoms. The van der Waals surface area contributed by atoms with Crippen molar-refractivity contribution in [3.05, 3.63) is 0 Å². The second-order valence-corrected chi connectivity index (χ2v) is 8.64. The predicted octanol–water partition coefficient (Wildman–Crippen LogP) is -0.355. The Labute approximate surface area is 143 Å². The van der Waals surface area contributed by atoms with Gasteiger partial charge in [-0.05, 0) is 6.54 Å². The smallest absolute Gasteiger partial charge is 0.0675 e. The summed E-state index contributed by atoms with van der Waals surface area (Å²) in [5.74, 6) is 0. The summed E-state index contributed by atoms with van der Waals surface area (Å²) in [4.78, 5) is 2.39. The molecule has 144 valence electrons. The van der Waals surface area contributed by atoms with Gasteiger partial charge in [0.15, 0.2) is 0 Å². The topological polar surface area (TPSA) is 92.7 Å². The van der Waals surface area contributed by atoms with E-state index in [9.17, 15) is 0 Å². The van der Waals surface area contributed by atoms with Crippen LogP contribution in [0.15, 0.2) is 0 Å². The predicted molar refractivity (Wildman–Crippen MR) is 91.3 cm³/mol. The molecule has 0 aliphatic carbocycles. The van der Waals surface area contributed by atoms with Gasteiger partial charge in [0, 0.05) is 23.5 Å². The molecule has 23 heavy (non-hydrogen) atoms. The molecule has 1 fully saturated rings. The summed E-state index contributed by atoms with van der Waals surface area (Å²) in [5.41, 5.74) is 0. The lowest BCUT2D eigenvalue weighted by Crippen LogP contribution is -2.35. The summed E-state index contributed by atoms with van der Waals surface area (Å²) in [7, 11) is 11.8. The average molecular weight is 360 g/mol. The first kappa shape index (κ1) is 27.6. The van der Waals surface area contributed by atoms with Crippen LogP contribution in [-0.2, 0) is 15.1 Å². The Morgan fingerprint density at radius 3 is 1.22 bits per heavy atom. The minimum atomic E-state index is -5.17. The third-order valence-electron chi connectivity index (χ3n) is 1.55. The highest BCUT2D eigenvalue weighted by Crippen LogP contribution is 1.93. The Bertz CT molecular complexity index is 324. The number of hydrogen-bond donors (Lipinski definition) is 0. The van der Waals surface area contributed by atoms with E-state index in [1.54, 1.807) is 0 Å². The van der Waals surface area contributed by atoms with Gasteiger partial charge in [-0.3, -0.25) is 13.3 Å². The first-order valence-corrected chi connectivity index (χ1v) is 8.81. The van der Waals surface area contributed by atoms with Gasteiger partial charge in [0.05, 0.1) is 69.6 Å². The Balaban J connectivity index is -0.000000240. The van der Waals surface area contributed by atoms with Crippen LogP contribution in [0.3, 0.4) is 0 Å². The van der Waals surface area contributed by atoms with Gasteiger partial charge in [-0.25, -0.2) is 0 Å². The number of hydrogen-bond acceptors (Lipinski definition) is 6. The molecule has 0 radical (unpaired) electrons. The van der Waals surface area contributed by atoms with Crippen LogP contribution in [0.25, 0.3) is 0 Å². The molecule has 0 spiro atoms. The van der Waals surface area contributed by atoms with Crippen LogP contribution in [0, 0.1) is 0 Å². The Hall–Kier alpha value is -0.290. The molecule has 0 aromatic rings. The normalized spacial score (nSPS) is 16.0. The third kappa shape index (κ3) is 89.5. The van der Waals surface area contributed by atoms with Gasteiger partial charge in [-0.1, -0.05) is 6.92 Å². The van der Waals surface area contributed by atoms with Crippen LogP contribution in [0.2, 0.25) is 0 Å². The second kappa shape index (κ2) is 13.1. The Morgan fingerprint density at radius 1 is 0.870 bits per heavy atom. The van der Waals surface area contributed by atoms with Crippen molar-refractivity contribution in [2.24, 2.45) is 0 Å². The molecule has 0 aromatic carbocycles. The SMILES string of the molecule is CCN1CCOCC1.C[N+](C)(C)C.C[N+](C)(C)C.O=S(=O)([O-])[O-]. The molecular weight excluding hydrogens is 322 g/mol. The lowest BCUT2D eigenvalue weighted by molar-refractivity contribution is -0.849. The first-order valence-electron chi connectivity index (χ1n) is 7.48. The average Bonchev–Trinajstić information content (AvgIpc) is 2.23. The van der Waals surface area contributed by atoms with Crippen LogP contribution in [0.5, 0.6) is 0 Å². The molecule has 0 unspecified atom stereocenters. The van der Waals surface area contributed by atoms with Crippen molar-refractivity contribution in [3.63, 3.8) is 0 Å². The minimum absolute atomic E-state index is 0.924. The van der Waals surface area contributed by atoms with E-state index in [1.807, 2.05) is 0 Å². The summed E-state index contributed by atoms with van der Waals surface area (Å²) in [6.07, 6.45) is 0. The van der Waals surface area contributed by atoms with Crippen LogP contribution in [0.4, 0.5) is 0 Å². The summed E-state index contributed by atoms with van der Waals surface area (Å²) in [5, 5.41) is 0. The van der Waals surface area contributed by atoms with E-state index in [0.717, 1.165) is 35.3 Å². The maximum Gasteiger partial charge on any atom is 0.0675 e. The molecule has 9 heteroatoms. The quantitative estimate of drug-likeness (QED) is 0.361. The van der Waals surface area contributed by atoms with Crippen molar-refractivity contribution in [1.82, 2.24) is 4.90 Å². The molecule has 1 saturated heterocycles. The van der Waals surface area contributed by atoms with Crippen molar-refractivity contribution >= 4 is 10.4 Å². The monoisotopic (exact) mass is 359 g/mol. The fourth-order valence-electron chi connectivity index (χ4n) is 0.917. The summed E-state index contributed by atoms with van der Waals surface area (Å²) in [6.45, 7) is 7.45. The Kier molecular flexibility index (Phi) is 15.6. The second-order valence-electron chi connectivity index (χ2n) is 7.82. The summed E-state index contributed by atoms with van der Waals surface area (Å²) >= 11 is 0. The number of quaternary nitrogens is 2. The van der Waals surface area contributed by atoms with Crippen molar-refractivity contribution < 1.29 is 31.2 Å². The van der Waals surface area contributed by atoms with Gasteiger partial charge >= 0.3 is 0 Å².